The van der Waals surface area contributed by atoms with Gasteiger partial charge in [0.1, 0.15) is 5.54 Å². The lowest BCUT2D eigenvalue weighted by molar-refractivity contribution is -0.148. The first-order valence-corrected chi connectivity index (χ1v) is 9.12. The van der Waals surface area contributed by atoms with Gasteiger partial charge in [0.15, 0.2) is 0 Å². The van der Waals surface area contributed by atoms with Crippen molar-refractivity contribution in [3.63, 3.8) is 0 Å². The first-order chi connectivity index (χ1) is 10.4. The summed E-state index contributed by atoms with van der Waals surface area (Å²) in [4.78, 5) is 23.6. The number of carbonyl (C=O) groups is 2. The lowest BCUT2D eigenvalue weighted by Crippen LogP contribution is -2.55. The van der Waals surface area contributed by atoms with Crippen LogP contribution in [0.2, 0.25) is 0 Å². The summed E-state index contributed by atoms with van der Waals surface area (Å²) in [6, 6.07) is 5.69. The van der Waals surface area contributed by atoms with E-state index in [0.717, 1.165) is 32.0 Å². The van der Waals surface area contributed by atoms with Gasteiger partial charge in [-0.25, -0.2) is 4.79 Å². The summed E-state index contributed by atoms with van der Waals surface area (Å²) in [5.74, 6) is 3.86. The second-order valence-corrected chi connectivity index (χ2v) is 7.49. The molecule has 0 aliphatic heterocycles. The van der Waals surface area contributed by atoms with E-state index < -0.39 is 17.4 Å². The maximum Gasteiger partial charge on any atom is 0.329 e. The minimum absolute atomic E-state index is 0.469. The number of aliphatic carboxylic acids is 1. The Morgan fingerprint density at radius 2 is 1.86 bits per heavy atom. The first-order valence-electron chi connectivity index (χ1n) is 6.96. The molecule has 2 N–H and O–H groups in total. The highest BCUT2D eigenvalue weighted by Gasteiger charge is 2.40. The SMILES string of the molecule is O=C(C#Cc1cccc(I)c1I)NC1(C(=O)O)CCCCC1. The number of rotatable bonds is 2. The molecule has 1 fully saturated rings. The zero-order valence-corrected chi connectivity index (χ0v) is 16.1. The second kappa shape index (κ2) is 7.64. The molecule has 1 aliphatic carbocycles. The van der Waals surface area contributed by atoms with Crippen molar-refractivity contribution >= 4 is 57.1 Å². The Morgan fingerprint density at radius 1 is 1.18 bits per heavy atom. The van der Waals surface area contributed by atoms with Crippen LogP contribution >= 0.6 is 45.2 Å². The molecule has 0 heterocycles. The van der Waals surface area contributed by atoms with E-state index in [9.17, 15) is 14.7 Å². The van der Waals surface area contributed by atoms with Gasteiger partial charge in [0, 0.05) is 18.6 Å². The van der Waals surface area contributed by atoms with Crippen molar-refractivity contribution in [3.05, 3.63) is 30.9 Å². The van der Waals surface area contributed by atoms with E-state index in [1.54, 1.807) is 0 Å². The van der Waals surface area contributed by atoms with Crippen molar-refractivity contribution in [2.45, 2.75) is 37.6 Å². The van der Waals surface area contributed by atoms with E-state index in [1.807, 2.05) is 18.2 Å². The number of hydrogen-bond acceptors (Lipinski definition) is 2. The van der Waals surface area contributed by atoms with Gasteiger partial charge in [0.2, 0.25) is 0 Å². The molecule has 1 aromatic rings. The summed E-state index contributed by atoms with van der Waals surface area (Å²) in [6.45, 7) is 0. The van der Waals surface area contributed by atoms with E-state index in [4.69, 9.17) is 0 Å². The molecule has 0 saturated heterocycles. The van der Waals surface area contributed by atoms with Crippen LogP contribution in [0.1, 0.15) is 37.7 Å². The van der Waals surface area contributed by atoms with Crippen LogP contribution in [0.4, 0.5) is 0 Å². The molecule has 0 spiro atoms. The molecule has 1 aromatic carbocycles. The van der Waals surface area contributed by atoms with E-state index in [1.165, 1.54) is 0 Å². The van der Waals surface area contributed by atoms with Crippen molar-refractivity contribution in [3.8, 4) is 11.8 Å². The monoisotopic (exact) mass is 523 g/mol. The van der Waals surface area contributed by atoms with Gasteiger partial charge in [-0.3, -0.25) is 4.79 Å². The Morgan fingerprint density at radius 3 is 2.50 bits per heavy atom. The Hall–Kier alpha value is -0.820. The molecule has 0 radical (unpaired) electrons. The van der Waals surface area contributed by atoms with Gasteiger partial charge in [0.05, 0.1) is 0 Å². The largest absolute Gasteiger partial charge is 0.480 e. The maximum absolute atomic E-state index is 12.0. The number of amides is 1. The quantitative estimate of drug-likeness (QED) is 0.463. The highest BCUT2D eigenvalue weighted by atomic mass is 127. The zero-order chi connectivity index (χ0) is 16.2. The van der Waals surface area contributed by atoms with Crippen LogP contribution in [0.15, 0.2) is 18.2 Å². The number of halogens is 2. The van der Waals surface area contributed by atoms with Crippen LogP contribution in [-0.4, -0.2) is 22.5 Å². The molecule has 4 nitrogen and oxygen atoms in total. The molecule has 1 saturated carbocycles. The number of carboxylic acids is 1. The van der Waals surface area contributed by atoms with Gasteiger partial charge in [-0.05, 0) is 70.2 Å². The second-order valence-electron chi connectivity index (χ2n) is 5.25. The van der Waals surface area contributed by atoms with Gasteiger partial charge in [-0.1, -0.05) is 31.2 Å². The van der Waals surface area contributed by atoms with Crippen LogP contribution in [-0.2, 0) is 9.59 Å². The summed E-state index contributed by atoms with van der Waals surface area (Å²) in [7, 11) is 0. The Kier molecular flexibility index (Phi) is 6.09. The van der Waals surface area contributed by atoms with Crippen LogP contribution in [0, 0.1) is 19.0 Å². The third kappa shape index (κ3) is 4.13. The third-order valence-corrected chi connectivity index (χ3v) is 6.82. The fourth-order valence-corrected chi connectivity index (χ4v) is 3.51. The lowest BCUT2D eigenvalue weighted by Gasteiger charge is -2.33. The summed E-state index contributed by atoms with van der Waals surface area (Å²) < 4.78 is 2.06. The highest BCUT2D eigenvalue weighted by molar-refractivity contribution is 14.1. The third-order valence-electron chi connectivity index (χ3n) is 3.73. The summed E-state index contributed by atoms with van der Waals surface area (Å²) in [6.07, 6.45) is 3.58. The minimum Gasteiger partial charge on any atom is -0.480 e. The molecule has 0 bridgehead atoms. The van der Waals surface area contributed by atoms with E-state index in [0.29, 0.717) is 12.8 Å². The molecule has 0 atom stereocenters. The predicted octanol–water partition coefficient (Wildman–Crippen LogP) is 3.15. The average Bonchev–Trinajstić information content (AvgIpc) is 2.49. The number of carbonyl (C=O) groups excluding carboxylic acids is 1. The Bertz CT molecular complexity index is 655. The van der Waals surface area contributed by atoms with Crippen molar-refractivity contribution in [2.24, 2.45) is 0 Å². The molecular formula is C16H15I2NO3. The lowest BCUT2D eigenvalue weighted by atomic mass is 9.81. The maximum atomic E-state index is 12.0. The fourth-order valence-electron chi connectivity index (χ4n) is 2.52. The van der Waals surface area contributed by atoms with Crippen molar-refractivity contribution in [2.75, 3.05) is 0 Å². The van der Waals surface area contributed by atoms with Crippen molar-refractivity contribution < 1.29 is 14.7 Å². The molecule has 1 aliphatic rings. The van der Waals surface area contributed by atoms with Crippen LogP contribution in [0.25, 0.3) is 0 Å². The zero-order valence-electron chi connectivity index (χ0n) is 11.8. The average molecular weight is 523 g/mol. The van der Waals surface area contributed by atoms with E-state index in [2.05, 4.69) is 62.3 Å². The molecule has 6 heteroatoms. The number of carboxylic acid groups (broad SMARTS) is 1. The van der Waals surface area contributed by atoms with Crippen molar-refractivity contribution in [1.29, 1.82) is 0 Å². The molecule has 1 amide bonds. The van der Waals surface area contributed by atoms with E-state index >= 15 is 0 Å². The first kappa shape index (κ1) is 17.5. The van der Waals surface area contributed by atoms with E-state index in [-0.39, 0.29) is 0 Å². The van der Waals surface area contributed by atoms with Crippen LogP contribution in [0.5, 0.6) is 0 Å². The standard InChI is InChI=1S/C16H15I2NO3/c17-12-6-4-5-11(14(12)18)7-8-13(20)19-16(15(21)22)9-2-1-3-10-16/h4-6H,1-3,9-10H2,(H,19,20)(H,21,22). The molecule has 2 rings (SSSR count). The molecule has 0 unspecified atom stereocenters. The van der Waals surface area contributed by atoms with Crippen LogP contribution in [0.3, 0.4) is 0 Å². The molecule has 22 heavy (non-hydrogen) atoms. The van der Waals surface area contributed by atoms with Crippen molar-refractivity contribution in [1.82, 2.24) is 5.32 Å². The fraction of sp³-hybridized carbons (Fsp3) is 0.375. The number of nitrogens with one attached hydrogen (secondary N) is 1. The number of benzene rings is 1. The Labute approximate surface area is 156 Å². The van der Waals surface area contributed by atoms with Gasteiger partial charge in [-0.15, -0.1) is 0 Å². The van der Waals surface area contributed by atoms with Gasteiger partial charge < -0.3 is 10.4 Å². The number of hydrogen-bond donors (Lipinski definition) is 2. The molecule has 116 valence electrons. The summed E-state index contributed by atoms with van der Waals surface area (Å²) >= 11 is 4.39. The summed E-state index contributed by atoms with van der Waals surface area (Å²) in [5.41, 5.74) is -0.377. The summed E-state index contributed by atoms with van der Waals surface area (Å²) in [5, 5.41) is 12.1. The molecular weight excluding hydrogens is 508 g/mol. The minimum atomic E-state index is -1.15. The van der Waals surface area contributed by atoms with Gasteiger partial charge in [-0.2, -0.15) is 0 Å². The smallest absolute Gasteiger partial charge is 0.329 e. The topological polar surface area (TPSA) is 66.4 Å². The Balaban J connectivity index is 2.14. The normalized spacial score (nSPS) is 16.3. The van der Waals surface area contributed by atoms with Crippen LogP contribution < -0.4 is 5.32 Å². The highest BCUT2D eigenvalue weighted by Crippen LogP contribution is 2.28. The predicted molar refractivity (Wildman–Crippen MR) is 100 cm³/mol. The van der Waals surface area contributed by atoms with Gasteiger partial charge in [0.25, 0.3) is 5.91 Å². The van der Waals surface area contributed by atoms with Gasteiger partial charge >= 0.3 is 5.97 Å². The molecule has 0 aromatic heterocycles.